The number of rotatable bonds is 12. The Hall–Kier alpha value is -1.76. The minimum absolute atomic E-state index is 0.0119. The molecule has 1 fully saturated rings. The number of para-hydroxylation sites is 1. The Morgan fingerprint density at radius 2 is 1.62 bits per heavy atom. The first-order valence-electron chi connectivity index (χ1n) is 10.8. The van der Waals surface area contributed by atoms with Gasteiger partial charge in [0.1, 0.15) is 11.9 Å². The molecular weight excluding hydrogens is 370 g/mol. The van der Waals surface area contributed by atoms with Crippen molar-refractivity contribution >= 4 is 17.4 Å². The summed E-state index contributed by atoms with van der Waals surface area (Å²) in [6, 6.07) is 8.98. The molecule has 5 atom stereocenters. The normalized spacial score (nSPS) is 25.0. The van der Waals surface area contributed by atoms with Crippen LogP contribution in [0.15, 0.2) is 30.3 Å². The van der Waals surface area contributed by atoms with Crippen molar-refractivity contribution in [3.05, 3.63) is 30.3 Å². The van der Waals surface area contributed by atoms with E-state index in [9.17, 15) is 24.9 Å². The van der Waals surface area contributed by atoms with E-state index in [0.717, 1.165) is 32.1 Å². The summed E-state index contributed by atoms with van der Waals surface area (Å²) >= 11 is 0. The topological polar surface area (TPSA) is 107 Å². The van der Waals surface area contributed by atoms with Gasteiger partial charge >= 0.3 is 0 Å². The number of benzene rings is 1. The Kier molecular flexibility index (Phi) is 9.78. The number of Topliss-reactive ketones (excluding diaryl/α,β-unsaturated/α-hetero) is 1. The summed E-state index contributed by atoms with van der Waals surface area (Å²) in [6.07, 6.45) is 4.09. The summed E-state index contributed by atoms with van der Waals surface area (Å²) in [5, 5.41) is 33.6. The summed E-state index contributed by atoms with van der Waals surface area (Å²) in [7, 11) is 0. The highest BCUT2D eigenvalue weighted by Gasteiger charge is 2.41. The minimum atomic E-state index is -1.15. The molecule has 0 aromatic heterocycles. The molecule has 1 aliphatic carbocycles. The molecule has 6 heteroatoms. The lowest BCUT2D eigenvalue weighted by atomic mass is 9.84. The standard InChI is InChI=1S/C23H35NO5/c1-16(25)9-5-2-3-8-12-18-19(22(28)15-21(18)27)13-14-20(26)23(29)24-17-10-6-4-7-11-17/h4,6-7,10-11,18-22,26-28H,2-3,5,8-9,12-15H2,1H3,(H,24,29)/t18-,19-,20?,21+,22-/m1/s1. The Bertz CT molecular complexity index is 635. The molecule has 29 heavy (non-hydrogen) atoms. The lowest BCUT2D eigenvalue weighted by molar-refractivity contribution is -0.124. The van der Waals surface area contributed by atoms with Crippen molar-refractivity contribution < 1.29 is 24.9 Å². The highest BCUT2D eigenvalue weighted by Crippen LogP contribution is 2.39. The van der Waals surface area contributed by atoms with Gasteiger partial charge in [0.2, 0.25) is 0 Å². The van der Waals surface area contributed by atoms with Gasteiger partial charge in [-0.05, 0) is 63.0 Å². The first-order chi connectivity index (χ1) is 13.9. The number of carbonyl (C=O) groups is 2. The molecule has 1 amide bonds. The fourth-order valence-corrected chi connectivity index (χ4v) is 4.32. The second-order valence-corrected chi connectivity index (χ2v) is 8.30. The number of aliphatic hydroxyl groups is 3. The summed E-state index contributed by atoms with van der Waals surface area (Å²) in [5.74, 6) is -0.357. The SMILES string of the molecule is CC(=O)CCCCCC[C@@H]1[C@@H](CCC(O)C(=O)Nc2ccccc2)[C@H](O)C[C@@H]1O. The van der Waals surface area contributed by atoms with Crippen LogP contribution in [0.1, 0.15) is 64.7 Å². The lowest BCUT2D eigenvalue weighted by Crippen LogP contribution is -2.30. The maximum absolute atomic E-state index is 12.2. The van der Waals surface area contributed by atoms with Gasteiger partial charge in [-0.1, -0.05) is 37.5 Å². The lowest BCUT2D eigenvalue weighted by Gasteiger charge is -2.24. The van der Waals surface area contributed by atoms with Crippen molar-refractivity contribution in [2.75, 3.05) is 5.32 Å². The van der Waals surface area contributed by atoms with Crippen LogP contribution in [-0.2, 0) is 9.59 Å². The Morgan fingerprint density at radius 1 is 1.00 bits per heavy atom. The van der Waals surface area contributed by atoms with E-state index in [0.29, 0.717) is 24.9 Å². The van der Waals surface area contributed by atoms with E-state index in [1.807, 2.05) is 18.2 Å². The maximum Gasteiger partial charge on any atom is 0.253 e. The van der Waals surface area contributed by atoms with Crippen LogP contribution in [0.2, 0.25) is 0 Å². The number of anilines is 1. The van der Waals surface area contributed by atoms with E-state index >= 15 is 0 Å². The minimum Gasteiger partial charge on any atom is -0.393 e. The molecule has 1 saturated carbocycles. The third-order valence-corrected chi connectivity index (χ3v) is 5.96. The molecule has 162 valence electrons. The second-order valence-electron chi connectivity index (χ2n) is 8.30. The number of carbonyl (C=O) groups excluding carboxylic acids is 2. The van der Waals surface area contributed by atoms with Gasteiger partial charge in [-0.2, -0.15) is 0 Å². The molecule has 0 heterocycles. The van der Waals surface area contributed by atoms with Crippen molar-refractivity contribution in [1.82, 2.24) is 0 Å². The van der Waals surface area contributed by atoms with Gasteiger partial charge < -0.3 is 25.4 Å². The molecule has 0 radical (unpaired) electrons. The van der Waals surface area contributed by atoms with E-state index in [2.05, 4.69) is 5.32 Å². The van der Waals surface area contributed by atoms with E-state index in [1.54, 1.807) is 19.1 Å². The first-order valence-corrected chi connectivity index (χ1v) is 10.8. The zero-order valence-corrected chi connectivity index (χ0v) is 17.3. The molecule has 1 unspecified atom stereocenters. The molecule has 0 spiro atoms. The molecule has 0 aliphatic heterocycles. The number of nitrogens with one attached hydrogen (secondary N) is 1. The van der Waals surface area contributed by atoms with Gasteiger partial charge in [-0.15, -0.1) is 0 Å². The van der Waals surface area contributed by atoms with Crippen LogP contribution in [0.3, 0.4) is 0 Å². The number of unbranched alkanes of at least 4 members (excludes halogenated alkanes) is 3. The summed E-state index contributed by atoms with van der Waals surface area (Å²) in [4.78, 5) is 23.1. The van der Waals surface area contributed by atoms with Crippen LogP contribution >= 0.6 is 0 Å². The molecule has 6 nitrogen and oxygen atoms in total. The number of amides is 1. The van der Waals surface area contributed by atoms with Crippen molar-refractivity contribution in [2.45, 2.75) is 83.0 Å². The van der Waals surface area contributed by atoms with Gasteiger partial charge in [0.25, 0.3) is 5.91 Å². The molecule has 0 saturated heterocycles. The number of hydrogen-bond donors (Lipinski definition) is 4. The second kappa shape index (κ2) is 12.1. The van der Waals surface area contributed by atoms with Crippen LogP contribution in [0, 0.1) is 11.8 Å². The number of ketones is 1. The number of aliphatic hydroxyl groups excluding tert-OH is 3. The average Bonchev–Trinajstić information content (AvgIpc) is 2.95. The fourth-order valence-electron chi connectivity index (χ4n) is 4.32. The van der Waals surface area contributed by atoms with E-state index in [-0.39, 0.29) is 24.0 Å². The predicted molar refractivity (Wildman–Crippen MR) is 112 cm³/mol. The van der Waals surface area contributed by atoms with Gasteiger partial charge in [0, 0.05) is 12.1 Å². The quantitative estimate of drug-likeness (QED) is 0.400. The predicted octanol–water partition coefficient (Wildman–Crippen LogP) is 3.05. The summed E-state index contributed by atoms with van der Waals surface area (Å²) in [6.45, 7) is 1.61. The van der Waals surface area contributed by atoms with Crippen LogP contribution in [0.25, 0.3) is 0 Å². The molecule has 1 aromatic carbocycles. The molecule has 1 aliphatic rings. The van der Waals surface area contributed by atoms with Crippen LogP contribution < -0.4 is 5.32 Å². The van der Waals surface area contributed by atoms with E-state index < -0.39 is 24.2 Å². The Labute approximate surface area is 173 Å². The fraction of sp³-hybridized carbons (Fsp3) is 0.652. The molecule has 0 bridgehead atoms. The molecule has 1 aromatic rings. The van der Waals surface area contributed by atoms with Crippen molar-refractivity contribution in [3.8, 4) is 0 Å². The number of hydrogen-bond acceptors (Lipinski definition) is 5. The summed E-state index contributed by atoms with van der Waals surface area (Å²) < 4.78 is 0. The van der Waals surface area contributed by atoms with Gasteiger partial charge in [0.15, 0.2) is 0 Å². The van der Waals surface area contributed by atoms with Crippen molar-refractivity contribution in [3.63, 3.8) is 0 Å². The third kappa shape index (κ3) is 7.88. The smallest absolute Gasteiger partial charge is 0.253 e. The van der Waals surface area contributed by atoms with Gasteiger partial charge in [-0.25, -0.2) is 0 Å². The highest BCUT2D eigenvalue weighted by atomic mass is 16.3. The first kappa shape index (κ1) is 23.5. The van der Waals surface area contributed by atoms with Crippen LogP contribution in [0.5, 0.6) is 0 Å². The van der Waals surface area contributed by atoms with E-state index in [1.165, 1.54) is 0 Å². The Morgan fingerprint density at radius 3 is 2.28 bits per heavy atom. The monoisotopic (exact) mass is 405 g/mol. The van der Waals surface area contributed by atoms with Gasteiger partial charge in [0.05, 0.1) is 12.2 Å². The zero-order valence-electron chi connectivity index (χ0n) is 17.3. The third-order valence-electron chi connectivity index (χ3n) is 5.96. The Balaban J connectivity index is 1.76. The summed E-state index contributed by atoms with van der Waals surface area (Å²) in [5.41, 5.74) is 0.635. The van der Waals surface area contributed by atoms with Crippen molar-refractivity contribution in [1.29, 1.82) is 0 Å². The maximum atomic E-state index is 12.2. The van der Waals surface area contributed by atoms with Crippen LogP contribution in [0.4, 0.5) is 5.69 Å². The highest BCUT2D eigenvalue weighted by molar-refractivity contribution is 5.93. The van der Waals surface area contributed by atoms with Crippen LogP contribution in [-0.4, -0.2) is 45.3 Å². The van der Waals surface area contributed by atoms with E-state index in [4.69, 9.17) is 0 Å². The molecular formula is C23H35NO5. The molecule has 2 rings (SSSR count). The van der Waals surface area contributed by atoms with Gasteiger partial charge in [-0.3, -0.25) is 4.79 Å². The average molecular weight is 406 g/mol. The largest absolute Gasteiger partial charge is 0.393 e. The molecule has 4 N–H and O–H groups in total. The zero-order chi connectivity index (χ0) is 21.2. The van der Waals surface area contributed by atoms with Crippen molar-refractivity contribution in [2.24, 2.45) is 11.8 Å².